The number of hydrogen-bond donors (Lipinski definition) is 1. The van der Waals surface area contributed by atoms with E-state index in [1.54, 1.807) is 5.38 Å². The first-order valence-corrected chi connectivity index (χ1v) is 9.92. The Morgan fingerprint density at radius 3 is 2.29 bits per heavy atom. The molecule has 31 heavy (non-hydrogen) atoms. The third kappa shape index (κ3) is 4.15. The maximum absolute atomic E-state index is 13.7. The quantitative estimate of drug-likeness (QED) is 0.514. The number of benzene rings is 2. The molecule has 0 radical (unpaired) electrons. The van der Waals surface area contributed by atoms with E-state index in [0.29, 0.717) is 16.2 Å². The predicted octanol–water partition coefficient (Wildman–Crippen LogP) is 2.95. The lowest BCUT2D eigenvalue weighted by atomic mass is 10.2. The van der Waals surface area contributed by atoms with E-state index in [2.05, 4.69) is 5.32 Å². The molecule has 4 rings (SSSR count). The van der Waals surface area contributed by atoms with Crippen LogP contribution >= 0.6 is 11.3 Å². The second-order valence-corrected chi connectivity index (χ2v) is 7.59. The number of aromatic nitrogens is 2. The van der Waals surface area contributed by atoms with Crippen LogP contribution in [0.5, 0.6) is 0 Å². The average molecular weight is 445 g/mol. The summed E-state index contributed by atoms with van der Waals surface area (Å²) in [7, 11) is 0. The number of rotatable bonds is 5. The Morgan fingerprint density at radius 2 is 1.61 bits per heavy atom. The standard InChI is InChI=1S/C21H14F3N3O3S/c22-13-3-1-12(2-4-13)10-25-18(28)11-26-17-5-6-31-19(17)20(29)27(21(26)30)16-8-14(23)7-15(24)9-16/h1-9H,10-11H2,(H,25,28). The summed E-state index contributed by atoms with van der Waals surface area (Å²) in [6.07, 6.45) is 0. The number of hydrogen-bond acceptors (Lipinski definition) is 4. The minimum Gasteiger partial charge on any atom is -0.350 e. The Hall–Kier alpha value is -3.66. The number of halogens is 3. The van der Waals surface area contributed by atoms with E-state index >= 15 is 0 Å². The van der Waals surface area contributed by atoms with Gasteiger partial charge in [-0.15, -0.1) is 11.3 Å². The molecule has 0 bridgehead atoms. The molecule has 4 aromatic rings. The van der Waals surface area contributed by atoms with E-state index in [4.69, 9.17) is 0 Å². The molecule has 2 aromatic carbocycles. The van der Waals surface area contributed by atoms with Crippen molar-refractivity contribution >= 4 is 27.5 Å². The first kappa shape index (κ1) is 20.6. The maximum atomic E-state index is 13.7. The van der Waals surface area contributed by atoms with E-state index in [1.807, 2.05) is 0 Å². The molecule has 0 fully saturated rings. The van der Waals surface area contributed by atoms with Crippen LogP contribution in [0.3, 0.4) is 0 Å². The summed E-state index contributed by atoms with van der Waals surface area (Å²) in [5.74, 6) is -2.83. The molecule has 10 heteroatoms. The lowest BCUT2D eigenvalue weighted by Crippen LogP contribution is -2.41. The highest BCUT2D eigenvalue weighted by Gasteiger charge is 2.18. The molecule has 1 N–H and O–H groups in total. The van der Waals surface area contributed by atoms with Crippen LogP contribution in [0.15, 0.2) is 63.5 Å². The van der Waals surface area contributed by atoms with Crippen molar-refractivity contribution in [3.63, 3.8) is 0 Å². The Balaban J connectivity index is 1.71. The third-order valence-electron chi connectivity index (χ3n) is 4.56. The van der Waals surface area contributed by atoms with E-state index in [1.165, 1.54) is 30.3 Å². The predicted molar refractivity (Wildman–Crippen MR) is 110 cm³/mol. The van der Waals surface area contributed by atoms with Crippen molar-refractivity contribution in [1.82, 2.24) is 14.5 Å². The second-order valence-electron chi connectivity index (χ2n) is 6.68. The van der Waals surface area contributed by atoms with Crippen LogP contribution in [-0.4, -0.2) is 15.0 Å². The molecule has 0 aliphatic rings. The number of amides is 1. The molecular formula is C21H14F3N3O3S. The zero-order valence-corrected chi connectivity index (χ0v) is 16.6. The van der Waals surface area contributed by atoms with Gasteiger partial charge in [0.25, 0.3) is 5.56 Å². The van der Waals surface area contributed by atoms with Crippen molar-refractivity contribution in [1.29, 1.82) is 0 Å². The fraction of sp³-hybridized carbons (Fsp3) is 0.0952. The lowest BCUT2D eigenvalue weighted by molar-refractivity contribution is -0.121. The topological polar surface area (TPSA) is 73.1 Å². The molecular weight excluding hydrogens is 431 g/mol. The van der Waals surface area contributed by atoms with Crippen molar-refractivity contribution in [3.05, 3.63) is 97.8 Å². The maximum Gasteiger partial charge on any atom is 0.336 e. The summed E-state index contributed by atoms with van der Waals surface area (Å²) in [4.78, 5) is 38.3. The first-order valence-electron chi connectivity index (χ1n) is 9.04. The van der Waals surface area contributed by atoms with Crippen molar-refractivity contribution in [2.75, 3.05) is 0 Å². The molecule has 0 aliphatic carbocycles. The molecule has 2 aromatic heterocycles. The summed E-state index contributed by atoms with van der Waals surface area (Å²) in [5, 5.41) is 4.20. The largest absolute Gasteiger partial charge is 0.350 e. The van der Waals surface area contributed by atoms with Gasteiger partial charge in [-0.2, -0.15) is 0 Å². The van der Waals surface area contributed by atoms with Crippen molar-refractivity contribution in [3.8, 4) is 5.69 Å². The lowest BCUT2D eigenvalue weighted by Gasteiger charge is -2.13. The van der Waals surface area contributed by atoms with Gasteiger partial charge in [0.1, 0.15) is 28.7 Å². The van der Waals surface area contributed by atoms with Gasteiger partial charge in [0, 0.05) is 12.6 Å². The molecule has 0 aliphatic heterocycles. The fourth-order valence-electron chi connectivity index (χ4n) is 3.14. The summed E-state index contributed by atoms with van der Waals surface area (Å²) < 4.78 is 42.2. The zero-order chi connectivity index (χ0) is 22.1. The highest BCUT2D eigenvalue weighted by atomic mass is 32.1. The molecule has 2 heterocycles. The first-order chi connectivity index (χ1) is 14.8. The van der Waals surface area contributed by atoms with E-state index in [0.717, 1.165) is 28.0 Å². The van der Waals surface area contributed by atoms with E-state index in [-0.39, 0.29) is 22.4 Å². The number of carbonyl (C=O) groups excluding carboxylic acids is 1. The van der Waals surface area contributed by atoms with E-state index in [9.17, 15) is 27.6 Å². The number of nitrogens with zero attached hydrogens (tertiary/aromatic N) is 2. The molecule has 0 unspecified atom stereocenters. The van der Waals surface area contributed by atoms with E-state index < -0.39 is 41.2 Å². The fourth-order valence-corrected chi connectivity index (χ4v) is 3.96. The Kier molecular flexibility index (Phi) is 5.47. The Labute approximate surface area is 176 Å². The van der Waals surface area contributed by atoms with Crippen LogP contribution in [0.2, 0.25) is 0 Å². The summed E-state index contributed by atoms with van der Waals surface area (Å²) in [6.45, 7) is -0.319. The van der Waals surface area contributed by atoms with Gasteiger partial charge in [0.15, 0.2) is 0 Å². The molecule has 0 saturated heterocycles. The van der Waals surface area contributed by atoms with Gasteiger partial charge in [-0.25, -0.2) is 22.5 Å². The minimum absolute atomic E-state index is 0.107. The molecule has 0 atom stereocenters. The third-order valence-corrected chi connectivity index (χ3v) is 5.46. The molecule has 6 nitrogen and oxygen atoms in total. The minimum atomic E-state index is -0.948. The normalized spacial score (nSPS) is 11.1. The van der Waals surface area contributed by atoms with Crippen LogP contribution in [0.25, 0.3) is 15.9 Å². The smallest absolute Gasteiger partial charge is 0.336 e. The SMILES string of the molecule is O=C(Cn1c(=O)n(-c2cc(F)cc(F)c2)c(=O)c2sccc21)NCc1ccc(F)cc1. The molecule has 0 saturated carbocycles. The Morgan fingerprint density at radius 1 is 0.935 bits per heavy atom. The van der Waals surface area contributed by atoms with Crippen LogP contribution in [0.1, 0.15) is 5.56 Å². The number of carbonyl (C=O) groups is 1. The van der Waals surface area contributed by atoms with Gasteiger partial charge < -0.3 is 5.32 Å². The summed E-state index contributed by atoms with van der Waals surface area (Å²) in [5.41, 5.74) is -1.02. The second kappa shape index (κ2) is 8.23. The summed E-state index contributed by atoms with van der Waals surface area (Å²) in [6, 6.07) is 9.42. The van der Waals surface area contributed by atoms with Crippen LogP contribution in [0, 0.1) is 17.5 Å². The number of nitrogens with one attached hydrogen (secondary N) is 1. The number of fused-ring (bicyclic) bond motifs is 1. The van der Waals surface area contributed by atoms with Gasteiger partial charge in [-0.05, 0) is 41.3 Å². The Bertz CT molecular complexity index is 1390. The van der Waals surface area contributed by atoms with Gasteiger partial charge in [-0.1, -0.05) is 12.1 Å². The van der Waals surface area contributed by atoms with Gasteiger partial charge >= 0.3 is 5.69 Å². The number of thiophene rings is 1. The van der Waals surface area contributed by atoms with Gasteiger partial charge in [0.05, 0.1) is 11.2 Å². The van der Waals surface area contributed by atoms with Crippen LogP contribution in [-0.2, 0) is 17.9 Å². The zero-order valence-electron chi connectivity index (χ0n) is 15.8. The van der Waals surface area contributed by atoms with Crippen molar-refractivity contribution in [2.45, 2.75) is 13.1 Å². The van der Waals surface area contributed by atoms with Crippen molar-refractivity contribution < 1.29 is 18.0 Å². The molecule has 1 amide bonds. The highest BCUT2D eigenvalue weighted by Crippen LogP contribution is 2.17. The van der Waals surface area contributed by atoms with Crippen LogP contribution < -0.4 is 16.6 Å². The molecule has 158 valence electrons. The highest BCUT2D eigenvalue weighted by molar-refractivity contribution is 7.17. The average Bonchev–Trinajstić information content (AvgIpc) is 3.20. The van der Waals surface area contributed by atoms with Crippen molar-refractivity contribution in [2.24, 2.45) is 0 Å². The van der Waals surface area contributed by atoms with Gasteiger partial charge in [-0.3, -0.25) is 14.2 Å². The monoisotopic (exact) mass is 445 g/mol. The summed E-state index contributed by atoms with van der Waals surface area (Å²) >= 11 is 1.04. The molecule has 0 spiro atoms. The van der Waals surface area contributed by atoms with Gasteiger partial charge in [0.2, 0.25) is 5.91 Å². The van der Waals surface area contributed by atoms with Crippen LogP contribution in [0.4, 0.5) is 13.2 Å².